The third kappa shape index (κ3) is 4.31. The lowest BCUT2D eigenvalue weighted by atomic mass is 10.1. The number of amides is 1. The van der Waals surface area contributed by atoms with Crippen LogP contribution in [-0.4, -0.2) is 37.0 Å². The molecule has 27 heavy (non-hydrogen) atoms. The number of nitrogens with one attached hydrogen (secondary N) is 1. The summed E-state index contributed by atoms with van der Waals surface area (Å²) in [7, 11) is 0. The third-order valence-corrected chi connectivity index (χ3v) is 5.74. The Bertz CT molecular complexity index is 854. The Morgan fingerprint density at radius 2 is 1.63 bits per heavy atom. The number of anilines is 2. The van der Waals surface area contributed by atoms with Gasteiger partial charge in [0.15, 0.2) is 0 Å². The van der Waals surface area contributed by atoms with Gasteiger partial charge >= 0.3 is 0 Å². The Morgan fingerprint density at radius 3 is 2.30 bits per heavy atom. The molecule has 0 unspecified atom stereocenters. The fourth-order valence-electron chi connectivity index (χ4n) is 3.32. The molecule has 4 nitrogen and oxygen atoms in total. The number of carbonyl (C=O) groups excluding carboxylic acids is 1. The largest absolute Gasteiger partial charge is 0.380 e. The maximum absolute atomic E-state index is 12.6. The van der Waals surface area contributed by atoms with E-state index in [1.165, 1.54) is 10.6 Å². The van der Waals surface area contributed by atoms with Gasteiger partial charge in [-0.25, -0.2) is 0 Å². The first-order chi connectivity index (χ1) is 13.3. The maximum Gasteiger partial charge on any atom is 0.253 e. The minimum atomic E-state index is 0.128. The summed E-state index contributed by atoms with van der Waals surface area (Å²) in [5.74, 6) is 0.128. The highest BCUT2D eigenvalue weighted by Crippen LogP contribution is 2.21. The highest BCUT2D eigenvalue weighted by Gasteiger charge is 2.22. The van der Waals surface area contributed by atoms with Crippen molar-refractivity contribution in [3.8, 4) is 0 Å². The van der Waals surface area contributed by atoms with E-state index in [1.54, 1.807) is 11.3 Å². The smallest absolute Gasteiger partial charge is 0.253 e. The fourth-order valence-corrected chi connectivity index (χ4v) is 3.97. The first-order valence-corrected chi connectivity index (χ1v) is 10.1. The molecule has 1 N–H and O–H groups in total. The van der Waals surface area contributed by atoms with E-state index in [-0.39, 0.29) is 5.91 Å². The summed E-state index contributed by atoms with van der Waals surface area (Å²) in [5.41, 5.74) is 3.11. The SMILES string of the molecule is O=C(c1ccccc1)N1CCN(c2ccc(NCc3cccs3)cc2)CC1. The molecule has 0 saturated carbocycles. The summed E-state index contributed by atoms with van der Waals surface area (Å²) in [4.78, 5) is 18.2. The minimum absolute atomic E-state index is 0.128. The lowest BCUT2D eigenvalue weighted by molar-refractivity contribution is 0.0747. The second-order valence-electron chi connectivity index (χ2n) is 6.63. The molecule has 138 valence electrons. The molecule has 5 heteroatoms. The number of carbonyl (C=O) groups is 1. The molecule has 3 aromatic rings. The number of benzene rings is 2. The summed E-state index contributed by atoms with van der Waals surface area (Å²) >= 11 is 1.77. The summed E-state index contributed by atoms with van der Waals surface area (Å²) in [6.07, 6.45) is 0. The molecular weight excluding hydrogens is 354 g/mol. The number of thiophene rings is 1. The lowest BCUT2D eigenvalue weighted by Crippen LogP contribution is -2.48. The lowest BCUT2D eigenvalue weighted by Gasteiger charge is -2.36. The van der Waals surface area contributed by atoms with E-state index in [1.807, 2.05) is 35.2 Å². The molecule has 1 saturated heterocycles. The van der Waals surface area contributed by atoms with Gasteiger partial charge in [0.05, 0.1) is 0 Å². The highest BCUT2D eigenvalue weighted by atomic mass is 32.1. The average Bonchev–Trinajstić information content (AvgIpc) is 3.27. The van der Waals surface area contributed by atoms with Gasteiger partial charge in [-0.1, -0.05) is 24.3 Å². The summed E-state index contributed by atoms with van der Waals surface area (Å²) < 4.78 is 0. The van der Waals surface area contributed by atoms with Gasteiger partial charge in [0.1, 0.15) is 0 Å². The molecule has 1 aromatic heterocycles. The number of hydrogen-bond donors (Lipinski definition) is 1. The quantitative estimate of drug-likeness (QED) is 0.719. The Hall–Kier alpha value is -2.79. The second-order valence-corrected chi connectivity index (χ2v) is 7.66. The van der Waals surface area contributed by atoms with Crippen LogP contribution >= 0.6 is 11.3 Å². The molecule has 0 radical (unpaired) electrons. The molecule has 1 amide bonds. The first-order valence-electron chi connectivity index (χ1n) is 9.25. The maximum atomic E-state index is 12.6. The van der Waals surface area contributed by atoms with Gasteiger partial charge in [0, 0.05) is 54.5 Å². The summed E-state index contributed by atoms with van der Waals surface area (Å²) in [6, 6.07) is 22.3. The predicted octanol–water partition coefficient (Wildman–Crippen LogP) is 4.32. The van der Waals surface area contributed by atoms with Crippen LogP contribution in [0.1, 0.15) is 15.2 Å². The van der Waals surface area contributed by atoms with Gasteiger partial charge in [-0.05, 0) is 47.8 Å². The van der Waals surface area contributed by atoms with E-state index in [0.29, 0.717) is 0 Å². The normalized spacial score (nSPS) is 14.2. The molecule has 0 spiro atoms. The predicted molar refractivity (Wildman–Crippen MR) is 113 cm³/mol. The summed E-state index contributed by atoms with van der Waals surface area (Å²) in [6.45, 7) is 4.09. The molecule has 4 rings (SSSR count). The topological polar surface area (TPSA) is 35.6 Å². The van der Waals surface area contributed by atoms with Crippen LogP contribution < -0.4 is 10.2 Å². The molecule has 2 aromatic carbocycles. The van der Waals surface area contributed by atoms with Gasteiger partial charge in [-0.3, -0.25) is 4.79 Å². The van der Waals surface area contributed by atoms with E-state index in [0.717, 1.165) is 44.0 Å². The van der Waals surface area contributed by atoms with Crippen molar-refractivity contribution >= 4 is 28.6 Å². The first kappa shape index (κ1) is 17.6. The van der Waals surface area contributed by atoms with Gasteiger partial charge < -0.3 is 15.1 Å². The van der Waals surface area contributed by atoms with E-state index in [2.05, 4.69) is 52.0 Å². The van der Waals surface area contributed by atoms with Crippen molar-refractivity contribution in [1.82, 2.24) is 4.90 Å². The summed E-state index contributed by atoms with van der Waals surface area (Å²) in [5, 5.41) is 5.56. The average molecular weight is 378 g/mol. The van der Waals surface area contributed by atoms with Crippen LogP contribution in [0.15, 0.2) is 72.1 Å². The number of hydrogen-bond acceptors (Lipinski definition) is 4. The fraction of sp³-hybridized carbons (Fsp3) is 0.227. The Balaban J connectivity index is 1.31. The van der Waals surface area contributed by atoms with Crippen molar-refractivity contribution in [3.63, 3.8) is 0 Å². The van der Waals surface area contributed by atoms with Crippen LogP contribution in [-0.2, 0) is 6.54 Å². The van der Waals surface area contributed by atoms with Crippen LogP contribution in [0.2, 0.25) is 0 Å². The molecule has 0 aliphatic carbocycles. The van der Waals surface area contributed by atoms with Gasteiger partial charge in [-0.15, -0.1) is 11.3 Å². The van der Waals surface area contributed by atoms with Crippen LogP contribution in [0.4, 0.5) is 11.4 Å². The van der Waals surface area contributed by atoms with Crippen molar-refractivity contribution < 1.29 is 4.79 Å². The molecule has 1 fully saturated rings. The Morgan fingerprint density at radius 1 is 0.889 bits per heavy atom. The Labute approximate surface area is 164 Å². The van der Waals surface area contributed by atoms with Crippen molar-refractivity contribution in [2.45, 2.75) is 6.54 Å². The van der Waals surface area contributed by atoms with E-state index < -0.39 is 0 Å². The molecule has 2 heterocycles. The zero-order chi connectivity index (χ0) is 18.5. The molecule has 1 aliphatic rings. The van der Waals surface area contributed by atoms with Crippen LogP contribution in [0.5, 0.6) is 0 Å². The minimum Gasteiger partial charge on any atom is -0.380 e. The van der Waals surface area contributed by atoms with Crippen molar-refractivity contribution in [1.29, 1.82) is 0 Å². The number of piperazine rings is 1. The third-order valence-electron chi connectivity index (χ3n) is 4.87. The molecule has 0 atom stereocenters. The van der Waals surface area contributed by atoms with Crippen LogP contribution in [0, 0.1) is 0 Å². The highest BCUT2D eigenvalue weighted by molar-refractivity contribution is 7.09. The van der Waals surface area contributed by atoms with E-state index in [9.17, 15) is 4.79 Å². The second kappa shape index (κ2) is 8.27. The van der Waals surface area contributed by atoms with Crippen molar-refractivity contribution in [2.24, 2.45) is 0 Å². The van der Waals surface area contributed by atoms with Gasteiger partial charge in [0.2, 0.25) is 0 Å². The van der Waals surface area contributed by atoms with Crippen molar-refractivity contribution in [2.75, 3.05) is 36.4 Å². The molecule has 1 aliphatic heterocycles. The molecule has 0 bridgehead atoms. The van der Waals surface area contributed by atoms with E-state index >= 15 is 0 Å². The zero-order valence-electron chi connectivity index (χ0n) is 15.2. The Kier molecular flexibility index (Phi) is 5.39. The number of rotatable bonds is 5. The van der Waals surface area contributed by atoms with Gasteiger partial charge in [-0.2, -0.15) is 0 Å². The van der Waals surface area contributed by atoms with E-state index in [4.69, 9.17) is 0 Å². The monoisotopic (exact) mass is 377 g/mol. The van der Waals surface area contributed by atoms with Gasteiger partial charge in [0.25, 0.3) is 5.91 Å². The van der Waals surface area contributed by atoms with Crippen molar-refractivity contribution in [3.05, 3.63) is 82.6 Å². The standard InChI is InChI=1S/C22H23N3OS/c26-22(18-5-2-1-3-6-18)25-14-12-24(13-15-25)20-10-8-19(9-11-20)23-17-21-7-4-16-27-21/h1-11,16,23H,12-15,17H2. The number of nitrogens with zero attached hydrogens (tertiary/aromatic N) is 2. The van der Waals surface area contributed by atoms with Crippen LogP contribution in [0.3, 0.4) is 0 Å². The van der Waals surface area contributed by atoms with Crippen LogP contribution in [0.25, 0.3) is 0 Å². The molecular formula is C22H23N3OS. The zero-order valence-corrected chi connectivity index (χ0v) is 16.0.